The van der Waals surface area contributed by atoms with Gasteiger partial charge in [0.15, 0.2) is 0 Å². The highest BCUT2D eigenvalue weighted by molar-refractivity contribution is 5.90. The molecule has 0 aromatic heterocycles. The fourth-order valence-corrected chi connectivity index (χ4v) is 5.45. The van der Waals surface area contributed by atoms with Crippen LogP contribution >= 0.6 is 0 Å². The van der Waals surface area contributed by atoms with Crippen molar-refractivity contribution in [3.63, 3.8) is 0 Å². The van der Waals surface area contributed by atoms with E-state index in [2.05, 4.69) is 90.9 Å². The van der Waals surface area contributed by atoms with E-state index in [1.165, 1.54) is 50.1 Å². The second kappa shape index (κ2) is 5.33. The number of rotatable bonds is 0. The van der Waals surface area contributed by atoms with Gasteiger partial charge in [-0.1, -0.05) is 72.7 Å². The van der Waals surface area contributed by atoms with Crippen LogP contribution in [0.1, 0.15) is 76.3 Å². The monoisotopic (exact) mass is 381 g/mol. The molecular weight excluding hydrogens is 350 g/mol. The van der Waals surface area contributed by atoms with Crippen molar-refractivity contribution in [1.29, 1.82) is 0 Å². The van der Waals surface area contributed by atoms with E-state index in [0.29, 0.717) is 0 Å². The summed E-state index contributed by atoms with van der Waals surface area (Å²) in [5.74, 6) is 0. The second-order valence-corrected chi connectivity index (χ2v) is 11.0. The molecule has 0 saturated heterocycles. The Labute approximate surface area is 175 Å². The first kappa shape index (κ1) is 18.5. The molecule has 2 aliphatic carbocycles. The zero-order chi connectivity index (χ0) is 20.9. The highest BCUT2D eigenvalue weighted by Crippen LogP contribution is 2.56. The Hall–Kier alpha value is -2.54. The van der Waals surface area contributed by atoms with Gasteiger partial charge in [0.2, 0.25) is 0 Å². The maximum absolute atomic E-state index is 6.14. The fraction of sp³-hybridized carbons (Fsp3) is 0.357. The molecule has 0 aliphatic heterocycles. The van der Waals surface area contributed by atoms with Gasteiger partial charge in [-0.2, -0.15) is 0 Å². The lowest BCUT2D eigenvalue weighted by Gasteiger charge is -2.26. The van der Waals surface area contributed by atoms with Crippen molar-refractivity contribution in [3.05, 3.63) is 76.3 Å². The van der Waals surface area contributed by atoms with E-state index in [1.807, 2.05) is 6.07 Å². The Morgan fingerprint density at radius 3 is 1.55 bits per heavy atom. The topological polar surface area (TPSA) is 26.0 Å². The normalized spacial score (nSPS) is 17.5. The molecule has 0 heterocycles. The Morgan fingerprint density at radius 2 is 1.03 bits per heavy atom. The Morgan fingerprint density at radius 1 is 0.586 bits per heavy atom. The lowest BCUT2D eigenvalue weighted by Crippen LogP contribution is -2.18. The molecule has 1 nitrogen and oxygen atoms in total. The van der Waals surface area contributed by atoms with Gasteiger partial charge in [-0.05, 0) is 79.8 Å². The van der Waals surface area contributed by atoms with Gasteiger partial charge in [0.1, 0.15) is 0 Å². The molecule has 0 unspecified atom stereocenters. The zero-order valence-electron chi connectivity index (χ0n) is 18.7. The standard InChI is InChI=1S/C28H31N/c1-26(2,3)16-8-10-18-20-14-25-21(15-24(20)27(4,5)22(18)12-16)19-11-9-17(29)13-23(19)28(25,6)7/h8-15H,29H2,1-7H3. The minimum Gasteiger partial charge on any atom is -0.399 e. The van der Waals surface area contributed by atoms with Crippen LogP contribution in [0.4, 0.5) is 5.69 Å². The molecule has 29 heavy (non-hydrogen) atoms. The summed E-state index contributed by atoms with van der Waals surface area (Å²) in [4.78, 5) is 0. The SMILES string of the molecule is CC(C)(C)c1ccc2c(c1)C(C)(C)c1cc3c(cc1-2)C(C)(C)c1cc(N)ccc1-3. The summed E-state index contributed by atoms with van der Waals surface area (Å²) in [5, 5.41) is 0. The molecule has 0 saturated carbocycles. The smallest absolute Gasteiger partial charge is 0.0317 e. The van der Waals surface area contributed by atoms with Crippen molar-refractivity contribution in [2.45, 2.75) is 64.7 Å². The van der Waals surface area contributed by atoms with E-state index < -0.39 is 0 Å². The Kier molecular flexibility index (Phi) is 3.40. The second-order valence-electron chi connectivity index (χ2n) is 11.0. The molecule has 3 aromatic rings. The van der Waals surface area contributed by atoms with E-state index >= 15 is 0 Å². The largest absolute Gasteiger partial charge is 0.399 e. The maximum atomic E-state index is 6.14. The molecule has 2 aliphatic rings. The summed E-state index contributed by atoms with van der Waals surface area (Å²) < 4.78 is 0. The van der Waals surface area contributed by atoms with Crippen LogP contribution in [-0.4, -0.2) is 0 Å². The lowest BCUT2D eigenvalue weighted by atomic mass is 9.78. The van der Waals surface area contributed by atoms with Crippen LogP contribution in [0.25, 0.3) is 22.3 Å². The third kappa shape index (κ3) is 2.34. The van der Waals surface area contributed by atoms with E-state index in [0.717, 1.165) is 5.69 Å². The summed E-state index contributed by atoms with van der Waals surface area (Å²) in [6, 6.07) is 18.4. The number of nitrogens with two attached hydrogens (primary N) is 1. The first-order chi connectivity index (χ1) is 13.4. The number of hydrogen-bond donors (Lipinski definition) is 1. The number of hydrogen-bond acceptors (Lipinski definition) is 1. The molecule has 0 fully saturated rings. The van der Waals surface area contributed by atoms with Gasteiger partial charge in [-0.25, -0.2) is 0 Å². The van der Waals surface area contributed by atoms with E-state index in [1.54, 1.807) is 0 Å². The fourth-order valence-electron chi connectivity index (χ4n) is 5.45. The molecule has 0 atom stereocenters. The summed E-state index contributed by atoms with van der Waals surface area (Å²) in [6.45, 7) is 16.3. The van der Waals surface area contributed by atoms with Crippen molar-refractivity contribution in [2.24, 2.45) is 0 Å². The van der Waals surface area contributed by atoms with E-state index in [9.17, 15) is 0 Å². The van der Waals surface area contributed by atoms with E-state index in [4.69, 9.17) is 5.73 Å². The van der Waals surface area contributed by atoms with Crippen molar-refractivity contribution >= 4 is 5.69 Å². The van der Waals surface area contributed by atoms with Crippen molar-refractivity contribution in [1.82, 2.24) is 0 Å². The number of fused-ring (bicyclic) bond motifs is 6. The third-order valence-corrected chi connectivity index (χ3v) is 7.36. The average Bonchev–Trinajstić information content (AvgIpc) is 2.99. The minimum absolute atomic E-state index is 0.00165. The highest BCUT2D eigenvalue weighted by Gasteiger charge is 2.41. The van der Waals surface area contributed by atoms with Gasteiger partial charge in [0, 0.05) is 16.5 Å². The third-order valence-electron chi connectivity index (χ3n) is 7.36. The molecule has 148 valence electrons. The molecule has 0 bridgehead atoms. The van der Waals surface area contributed by atoms with Crippen LogP contribution in [0.2, 0.25) is 0 Å². The zero-order valence-corrected chi connectivity index (χ0v) is 18.7. The van der Waals surface area contributed by atoms with Crippen molar-refractivity contribution in [3.8, 4) is 22.3 Å². The molecule has 0 radical (unpaired) electrons. The van der Waals surface area contributed by atoms with Crippen LogP contribution in [0, 0.1) is 0 Å². The summed E-state index contributed by atoms with van der Waals surface area (Å²) in [6.07, 6.45) is 0. The minimum atomic E-state index is -0.0344. The van der Waals surface area contributed by atoms with Crippen LogP contribution in [0.15, 0.2) is 48.5 Å². The summed E-state index contributed by atoms with van der Waals surface area (Å²) in [5.41, 5.74) is 19.7. The van der Waals surface area contributed by atoms with Crippen LogP contribution in [-0.2, 0) is 16.2 Å². The first-order valence-electron chi connectivity index (χ1n) is 10.7. The van der Waals surface area contributed by atoms with Gasteiger partial charge >= 0.3 is 0 Å². The quantitative estimate of drug-likeness (QED) is 0.410. The summed E-state index contributed by atoms with van der Waals surface area (Å²) in [7, 11) is 0. The van der Waals surface area contributed by atoms with Crippen molar-refractivity contribution < 1.29 is 0 Å². The van der Waals surface area contributed by atoms with E-state index in [-0.39, 0.29) is 16.2 Å². The van der Waals surface area contributed by atoms with Crippen LogP contribution in [0.3, 0.4) is 0 Å². The lowest BCUT2D eigenvalue weighted by molar-refractivity contribution is 0.584. The predicted octanol–water partition coefficient (Wildman–Crippen LogP) is 7.18. The highest BCUT2D eigenvalue weighted by atomic mass is 14.6. The Bertz CT molecular complexity index is 1190. The summed E-state index contributed by atoms with van der Waals surface area (Å²) >= 11 is 0. The Balaban J connectivity index is 1.78. The number of nitrogen functional groups attached to an aromatic ring is 1. The molecular formula is C28H31N. The van der Waals surface area contributed by atoms with Gasteiger partial charge in [0.25, 0.3) is 0 Å². The van der Waals surface area contributed by atoms with Crippen LogP contribution < -0.4 is 5.73 Å². The maximum Gasteiger partial charge on any atom is 0.0317 e. The van der Waals surface area contributed by atoms with Gasteiger partial charge < -0.3 is 5.73 Å². The van der Waals surface area contributed by atoms with Gasteiger partial charge in [-0.3, -0.25) is 0 Å². The molecule has 1 heteroatoms. The van der Waals surface area contributed by atoms with Gasteiger partial charge in [0.05, 0.1) is 0 Å². The molecule has 5 rings (SSSR count). The average molecular weight is 382 g/mol. The number of benzene rings is 3. The molecule has 0 amide bonds. The molecule has 2 N–H and O–H groups in total. The molecule has 3 aromatic carbocycles. The predicted molar refractivity (Wildman–Crippen MR) is 125 cm³/mol. The van der Waals surface area contributed by atoms with Crippen LogP contribution in [0.5, 0.6) is 0 Å². The number of anilines is 1. The van der Waals surface area contributed by atoms with Gasteiger partial charge in [-0.15, -0.1) is 0 Å². The van der Waals surface area contributed by atoms with Crippen molar-refractivity contribution in [2.75, 3.05) is 5.73 Å². The first-order valence-corrected chi connectivity index (χ1v) is 10.7. The molecule has 0 spiro atoms.